The second kappa shape index (κ2) is 7.99. The van der Waals surface area contributed by atoms with Crippen LogP contribution in [0.3, 0.4) is 0 Å². The van der Waals surface area contributed by atoms with Crippen molar-refractivity contribution in [2.24, 2.45) is 11.8 Å². The molecule has 0 aromatic heterocycles. The molecule has 1 aliphatic carbocycles. The van der Waals surface area contributed by atoms with Gasteiger partial charge in [0.05, 0.1) is 38.9 Å². The number of carbonyl (C=O) groups excluding carboxylic acids is 2. The van der Waals surface area contributed by atoms with Crippen LogP contribution < -0.4 is 24.8 Å². The molecule has 142 valence electrons. The van der Waals surface area contributed by atoms with E-state index in [4.69, 9.17) is 14.2 Å². The highest BCUT2D eigenvalue weighted by molar-refractivity contribution is 6.03. The number of benzene rings is 2. The highest BCUT2D eigenvalue weighted by atomic mass is 16.5. The average molecular weight is 370 g/mol. The molecule has 2 aromatic rings. The number of ether oxygens (including phenoxy) is 3. The van der Waals surface area contributed by atoms with Crippen LogP contribution in [-0.2, 0) is 9.59 Å². The maximum Gasteiger partial charge on any atom is 0.228 e. The Balaban J connectivity index is 1.57. The molecule has 1 fully saturated rings. The highest BCUT2D eigenvalue weighted by Crippen LogP contribution is 2.41. The van der Waals surface area contributed by atoms with E-state index in [-0.39, 0.29) is 23.7 Å². The third-order valence-electron chi connectivity index (χ3n) is 4.49. The van der Waals surface area contributed by atoms with Crippen LogP contribution in [0.25, 0.3) is 0 Å². The normalized spacial score (nSPS) is 17.6. The number of hydrogen-bond donors (Lipinski definition) is 2. The van der Waals surface area contributed by atoms with E-state index < -0.39 is 0 Å². The van der Waals surface area contributed by atoms with Crippen LogP contribution in [0.2, 0.25) is 0 Å². The SMILES string of the molecule is COc1ccc(NC(=O)C2CC2C(=O)Nc2ccc(OC)cc2OC)cc1. The molecule has 0 aliphatic heterocycles. The molecule has 2 amide bonds. The van der Waals surface area contributed by atoms with Crippen LogP contribution in [0, 0.1) is 11.8 Å². The maximum absolute atomic E-state index is 12.5. The summed E-state index contributed by atoms with van der Waals surface area (Å²) in [6.07, 6.45) is 0.520. The number of rotatable bonds is 7. The minimum Gasteiger partial charge on any atom is -0.497 e. The molecule has 0 radical (unpaired) electrons. The molecule has 1 aliphatic rings. The lowest BCUT2D eigenvalue weighted by Crippen LogP contribution is -2.20. The molecule has 0 bridgehead atoms. The first-order chi connectivity index (χ1) is 13.0. The molecule has 7 nitrogen and oxygen atoms in total. The van der Waals surface area contributed by atoms with Crippen molar-refractivity contribution in [3.8, 4) is 17.2 Å². The Morgan fingerprint density at radius 2 is 1.41 bits per heavy atom. The Bertz CT molecular complexity index is 835. The lowest BCUT2D eigenvalue weighted by atomic mass is 10.2. The van der Waals surface area contributed by atoms with Crippen molar-refractivity contribution in [3.05, 3.63) is 42.5 Å². The van der Waals surface area contributed by atoms with Gasteiger partial charge in [0, 0.05) is 11.8 Å². The van der Waals surface area contributed by atoms with E-state index >= 15 is 0 Å². The minimum atomic E-state index is -0.352. The third kappa shape index (κ3) is 4.31. The predicted octanol–water partition coefficient (Wildman–Crippen LogP) is 2.93. The number of amides is 2. The van der Waals surface area contributed by atoms with Crippen LogP contribution in [0.1, 0.15) is 6.42 Å². The van der Waals surface area contributed by atoms with Gasteiger partial charge in [-0.15, -0.1) is 0 Å². The van der Waals surface area contributed by atoms with E-state index in [0.717, 1.165) is 0 Å². The summed E-state index contributed by atoms with van der Waals surface area (Å²) in [6, 6.07) is 12.2. The summed E-state index contributed by atoms with van der Waals surface area (Å²) in [5, 5.41) is 5.65. The van der Waals surface area contributed by atoms with Crippen LogP contribution in [0.4, 0.5) is 11.4 Å². The standard InChI is InChI=1S/C20H22N2O5/c1-25-13-6-4-12(5-7-13)21-19(23)15-11-16(15)20(24)22-17-9-8-14(26-2)10-18(17)27-3/h4-10,15-16H,11H2,1-3H3,(H,21,23)(H,22,24). The highest BCUT2D eigenvalue weighted by Gasteiger charge is 2.48. The van der Waals surface area contributed by atoms with Gasteiger partial charge in [0.25, 0.3) is 0 Å². The Hall–Kier alpha value is -3.22. The molecular weight excluding hydrogens is 348 g/mol. The van der Waals surface area contributed by atoms with Crippen molar-refractivity contribution in [3.63, 3.8) is 0 Å². The molecule has 0 spiro atoms. The Morgan fingerprint density at radius 1 is 0.815 bits per heavy atom. The topological polar surface area (TPSA) is 85.9 Å². The quantitative estimate of drug-likeness (QED) is 0.783. The number of anilines is 2. The fourth-order valence-electron chi connectivity index (χ4n) is 2.81. The third-order valence-corrected chi connectivity index (χ3v) is 4.49. The number of nitrogens with one attached hydrogen (secondary N) is 2. The summed E-state index contributed by atoms with van der Waals surface area (Å²) < 4.78 is 15.5. The fourth-order valence-corrected chi connectivity index (χ4v) is 2.81. The number of carbonyl (C=O) groups is 2. The fraction of sp³-hybridized carbons (Fsp3) is 0.300. The zero-order chi connectivity index (χ0) is 19.4. The van der Waals surface area contributed by atoms with Gasteiger partial charge in [0.2, 0.25) is 11.8 Å². The largest absolute Gasteiger partial charge is 0.497 e. The lowest BCUT2D eigenvalue weighted by Gasteiger charge is -2.11. The summed E-state index contributed by atoms with van der Waals surface area (Å²) in [7, 11) is 4.66. The van der Waals surface area contributed by atoms with Crippen molar-refractivity contribution in [1.82, 2.24) is 0 Å². The molecule has 2 unspecified atom stereocenters. The molecule has 27 heavy (non-hydrogen) atoms. The smallest absolute Gasteiger partial charge is 0.228 e. The van der Waals surface area contributed by atoms with Crippen LogP contribution in [0.15, 0.2) is 42.5 Å². The van der Waals surface area contributed by atoms with Gasteiger partial charge in [0.1, 0.15) is 17.2 Å². The summed E-state index contributed by atoms with van der Waals surface area (Å²) in [6.45, 7) is 0. The predicted molar refractivity (Wildman–Crippen MR) is 101 cm³/mol. The second-order valence-electron chi connectivity index (χ2n) is 6.22. The van der Waals surface area contributed by atoms with E-state index in [9.17, 15) is 9.59 Å². The summed E-state index contributed by atoms with van der Waals surface area (Å²) in [5.74, 6) is 0.794. The molecule has 7 heteroatoms. The lowest BCUT2D eigenvalue weighted by molar-refractivity contribution is -0.122. The Morgan fingerprint density at radius 3 is 2.00 bits per heavy atom. The van der Waals surface area contributed by atoms with Crippen LogP contribution in [-0.4, -0.2) is 33.1 Å². The first kappa shape index (κ1) is 18.6. The van der Waals surface area contributed by atoms with Gasteiger partial charge in [-0.25, -0.2) is 0 Å². The van der Waals surface area contributed by atoms with Crippen molar-refractivity contribution >= 4 is 23.2 Å². The molecule has 2 N–H and O–H groups in total. The molecule has 2 atom stereocenters. The first-order valence-electron chi connectivity index (χ1n) is 8.53. The van der Waals surface area contributed by atoms with Gasteiger partial charge in [-0.3, -0.25) is 9.59 Å². The molecule has 2 aromatic carbocycles. The van der Waals surface area contributed by atoms with Crippen molar-refractivity contribution in [2.75, 3.05) is 32.0 Å². The summed E-state index contributed by atoms with van der Waals surface area (Å²) in [5.41, 5.74) is 1.22. The molecule has 0 saturated heterocycles. The van der Waals surface area contributed by atoms with E-state index in [1.165, 1.54) is 7.11 Å². The van der Waals surface area contributed by atoms with E-state index in [1.807, 2.05) is 0 Å². The average Bonchev–Trinajstić information content (AvgIpc) is 3.50. The van der Waals surface area contributed by atoms with Gasteiger partial charge in [-0.05, 0) is 42.8 Å². The van der Waals surface area contributed by atoms with Crippen molar-refractivity contribution in [1.29, 1.82) is 0 Å². The van der Waals surface area contributed by atoms with E-state index in [2.05, 4.69) is 10.6 Å². The van der Waals surface area contributed by atoms with Crippen LogP contribution >= 0.6 is 0 Å². The maximum atomic E-state index is 12.5. The Kier molecular flexibility index (Phi) is 5.49. The van der Waals surface area contributed by atoms with Gasteiger partial charge < -0.3 is 24.8 Å². The summed E-state index contributed by atoms with van der Waals surface area (Å²) >= 11 is 0. The van der Waals surface area contributed by atoms with Crippen molar-refractivity contribution in [2.45, 2.75) is 6.42 Å². The molecular formula is C20H22N2O5. The first-order valence-corrected chi connectivity index (χ1v) is 8.53. The van der Waals surface area contributed by atoms with Gasteiger partial charge in [-0.1, -0.05) is 0 Å². The van der Waals surface area contributed by atoms with Gasteiger partial charge >= 0.3 is 0 Å². The molecule has 1 saturated carbocycles. The van der Waals surface area contributed by atoms with Crippen molar-refractivity contribution < 1.29 is 23.8 Å². The van der Waals surface area contributed by atoms with Gasteiger partial charge in [-0.2, -0.15) is 0 Å². The second-order valence-corrected chi connectivity index (χ2v) is 6.22. The Labute approximate surface area is 157 Å². The number of hydrogen-bond acceptors (Lipinski definition) is 5. The van der Waals surface area contributed by atoms with Crippen LogP contribution in [0.5, 0.6) is 17.2 Å². The summed E-state index contributed by atoms with van der Waals surface area (Å²) in [4.78, 5) is 24.8. The zero-order valence-corrected chi connectivity index (χ0v) is 15.4. The molecule has 0 heterocycles. The minimum absolute atomic E-state index is 0.165. The number of methoxy groups -OCH3 is 3. The zero-order valence-electron chi connectivity index (χ0n) is 15.4. The monoisotopic (exact) mass is 370 g/mol. The van der Waals surface area contributed by atoms with Gasteiger partial charge in [0.15, 0.2) is 0 Å². The molecule has 3 rings (SSSR count). The van der Waals surface area contributed by atoms with E-state index in [0.29, 0.717) is 35.0 Å². The van der Waals surface area contributed by atoms with E-state index in [1.54, 1.807) is 56.7 Å².